The summed E-state index contributed by atoms with van der Waals surface area (Å²) in [5.74, 6) is -0.703. The molecule has 0 aromatic heterocycles. The molecule has 0 unspecified atom stereocenters. The zero-order chi connectivity index (χ0) is 21.5. The summed E-state index contributed by atoms with van der Waals surface area (Å²) in [6, 6.07) is 20.2. The van der Waals surface area contributed by atoms with Crippen molar-refractivity contribution >= 4 is 5.91 Å². The molecule has 160 valence electrons. The van der Waals surface area contributed by atoms with Crippen LogP contribution in [0.15, 0.2) is 72.8 Å². The highest BCUT2D eigenvalue weighted by atomic mass is 19.1. The Labute approximate surface area is 179 Å². The third kappa shape index (κ3) is 5.30. The minimum absolute atomic E-state index is 0. The van der Waals surface area contributed by atoms with Crippen LogP contribution in [0.2, 0.25) is 0 Å². The molecule has 3 rings (SSSR count). The molecule has 3 aromatic carbocycles. The van der Waals surface area contributed by atoms with Crippen molar-refractivity contribution in [2.45, 2.75) is 31.8 Å². The largest absolute Gasteiger partial charge is 0.358 e. The van der Waals surface area contributed by atoms with E-state index in [0.29, 0.717) is 24.0 Å². The standard InChI is InChI=1S/C25H26F2N2O.2H2/c1-17-16-20(12-14-21(17)26)23(15-13-18-8-6-7-11-22(18)27)29-24(25(30)28-2)19-9-4-3-5-10-19;;/h3-12,14,16,23-24,29H,13,15H2,1-2H3,(H,28,30);2*1H/t23-,24-;;/m1../s1. The summed E-state index contributed by atoms with van der Waals surface area (Å²) in [5.41, 5.74) is 2.82. The first kappa shape index (κ1) is 21.7. The van der Waals surface area contributed by atoms with Gasteiger partial charge in [-0.15, -0.1) is 0 Å². The topological polar surface area (TPSA) is 41.1 Å². The molecule has 0 spiro atoms. The summed E-state index contributed by atoms with van der Waals surface area (Å²) < 4.78 is 28.0. The zero-order valence-electron chi connectivity index (χ0n) is 17.2. The summed E-state index contributed by atoms with van der Waals surface area (Å²) in [7, 11) is 1.59. The monoisotopic (exact) mass is 412 g/mol. The minimum Gasteiger partial charge on any atom is -0.358 e. The molecular weight excluding hydrogens is 382 g/mol. The number of halogens is 2. The van der Waals surface area contributed by atoms with Crippen molar-refractivity contribution in [2.75, 3.05) is 7.05 Å². The Morgan fingerprint density at radius 1 is 0.933 bits per heavy atom. The zero-order valence-corrected chi connectivity index (χ0v) is 17.2. The number of aryl methyl sites for hydroxylation is 2. The van der Waals surface area contributed by atoms with Crippen molar-refractivity contribution in [3.05, 3.63) is 107 Å². The normalized spacial score (nSPS) is 12.9. The second-order valence-corrected chi connectivity index (χ2v) is 7.32. The Balaban J connectivity index is 0.00000256. The van der Waals surface area contributed by atoms with Crippen LogP contribution in [0.25, 0.3) is 0 Å². The Morgan fingerprint density at radius 2 is 1.63 bits per heavy atom. The van der Waals surface area contributed by atoms with E-state index in [0.717, 1.165) is 11.1 Å². The first-order valence-electron chi connectivity index (χ1n) is 10.0. The number of hydrogen-bond donors (Lipinski definition) is 2. The van der Waals surface area contributed by atoms with Crippen LogP contribution < -0.4 is 10.6 Å². The number of amides is 1. The highest BCUT2D eigenvalue weighted by molar-refractivity contribution is 5.83. The average Bonchev–Trinajstić information content (AvgIpc) is 2.77. The van der Waals surface area contributed by atoms with Crippen LogP contribution in [0.5, 0.6) is 0 Å². The first-order chi connectivity index (χ1) is 14.5. The highest BCUT2D eigenvalue weighted by Crippen LogP contribution is 2.26. The number of carbonyl (C=O) groups excluding carboxylic acids is 1. The van der Waals surface area contributed by atoms with Gasteiger partial charge in [-0.25, -0.2) is 8.78 Å². The predicted molar refractivity (Wildman–Crippen MR) is 119 cm³/mol. The fourth-order valence-electron chi connectivity index (χ4n) is 3.55. The Kier molecular flexibility index (Phi) is 7.31. The van der Waals surface area contributed by atoms with E-state index in [1.165, 1.54) is 12.1 Å². The SMILES string of the molecule is CNC(=O)[C@H](N[C@H](CCc1ccccc1F)c1ccc(F)c(C)c1)c1ccccc1.[HH].[HH]. The van der Waals surface area contributed by atoms with Crippen LogP contribution >= 0.6 is 0 Å². The van der Waals surface area contributed by atoms with E-state index >= 15 is 0 Å². The van der Waals surface area contributed by atoms with E-state index in [1.807, 2.05) is 30.3 Å². The number of carbonyl (C=O) groups is 1. The molecule has 1 amide bonds. The maximum atomic E-state index is 14.1. The van der Waals surface area contributed by atoms with Crippen LogP contribution in [-0.2, 0) is 11.2 Å². The molecule has 0 aliphatic rings. The summed E-state index contributed by atoms with van der Waals surface area (Å²) in [6.45, 7) is 1.71. The van der Waals surface area contributed by atoms with Crippen molar-refractivity contribution in [3.63, 3.8) is 0 Å². The molecule has 0 saturated carbocycles. The molecule has 2 atom stereocenters. The van der Waals surface area contributed by atoms with Gasteiger partial charge in [0.2, 0.25) is 5.91 Å². The molecule has 0 aliphatic carbocycles. The van der Waals surface area contributed by atoms with Crippen LogP contribution in [0, 0.1) is 18.6 Å². The number of nitrogens with one attached hydrogen (secondary N) is 2. The summed E-state index contributed by atoms with van der Waals surface area (Å²) >= 11 is 0. The summed E-state index contributed by atoms with van der Waals surface area (Å²) in [5, 5.41) is 6.12. The van der Waals surface area contributed by atoms with Gasteiger partial charge in [-0.1, -0.05) is 60.7 Å². The lowest BCUT2D eigenvalue weighted by molar-refractivity contribution is -0.123. The van der Waals surface area contributed by atoms with Gasteiger partial charge >= 0.3 is 0 Å². The van der Waals surface area contributed by atoms with Crippen LogP contribution in [0.1, 0.15) is 43.6 Å². The predicted octanol–water partition coefficient (Wildman–Crippen LogP) is 5.52. The molecule has 5 heteroatoms. The quantitative estimate of drug-likeness (QED) is 0.512. The molecule has 0 heterocycles. The summed E-state index contributed by atoms with van der Waals surface area (Å²) in [6.07, 6.45) is 1.03. The van der Waals surface area contributed by atoms with Crippen molar-refractivity contribution in [1.29, 1.82) is 0 Å². The van der Waals surface area contributed by atoms with E-state index in [9.17, 15) is 13.6 Å². The van der Waals surface area contributed by atoms with Gasteiger partial charge in [0.1, 0.15) is 17.7 Å². The molecule has 30 heavy (non-hydrogen) atoms. The molecule has 3 aromatic rings. The third-order valence-corrected chi connectivity index (χ3v) is 5.25. The molecular formula is C25H30F2N2O. The van der Waals surface area contributed by atoms with Gasteiger partial charge in [0.15, 0.2) is 0 Å². The lowest BCUT2D eigenvalue weighted by Crippen LogP contribution is -2.38. The van der Waals surface area contributed by atoms with Crippen molar-refractivity contribution in [1.82, 2.24) is 10.6 Å². The fraction of sp³-hybridized carbons (Fsp3) is 0.240. The van der Waals surface area contributed by atoms with Crippen LogP contribution in [0.3, 0.4) is 0 Å². The number of rotatable bonds is 8. The molecule has 0 radical (unpaired) electrons. The van der Waals surface area contributed by atoms with Crippen molar-refractivity contribution in [3.8, 4) is 0 Å². The second-order valence-electron chi connectivity index (χ2n) is 7.32. The smallest absolute Gasteiger partial charge is 0.241 e. The Hall–Kier alpha value is -3.05. The Morgan fingerprint density at radius 3 is 2.30 bits per heavy atom. The molecule has 0 saturated heterocycles. The van der Waals surface area contributed by atoms with Gasteiger partial charge < -0.3 is 5.32 Å². The van der Waals surface area contributed by atoms with Gasteiger partial charge in [-0.05, 0) is 54.2 Å². The van der Waals surface area contributed by atoms with E-state index in [2.05, 4.69) is 10.6 Å². The van der Waals surface area contributed by atoms with E-state index in [4.69, 9.17) is 0 Å². The average molecular weight is 413 g/mol. The minimum atomic E-state index is -0.591. The number of hydrogen-bond acceptors (Lipinski definition) is 2. The van der Waals surface area contributed by atoms with Crippen molar-refractivity contribution < 1.29 is 16.4 Å². The third-order valence-electron chi connectivity index (χ3n) is 5.25. The molecule has 0 fully saturated rings. The van der Waals surface area contributed by atoms with Gasteiger partial charge in [-0.2, -0.15) is 0 Å². The van der Waals surface area contributed by atoms with Gasteiger partial charge in [0, 0.05) is 15.9 Å². The van der Waals surface area contributed by atoms with Crippen LogP contribution in [-0.4, -0.2) is 13.0 Å². The molecule has 3 nitrogen and oxygen atoms in total. The van der Waals surface area contributed by atoms with E-state index in [1.54, 1.807) is 44.3 Å². The van der Waals surface area contributed by atoms with Gasteiger partial charge in [0.25, 0.3) is 0 Å². The van der Waals surface area contributed by atoms with Crippen LogP contribution in [0.4, 0.5) is 8.78 Å². The molecule has 2 N–H and O–H groups in total. The fourth-order valence-corrected chi connectivity index (χ4v) is 3.55. The maximum absolute atomic E-state index is 14.1. The van der Waals surface area contributed by atoms with Gasteiger partial charge in [0.05, 0.1) is 0 Å². The maximum Gasteiger partial charge on any atom is 0.241 e. The Bertz CT molecular complexity index is 1000. The molecule has 0 aliphatic heterocycles. The lowest BCUT2D eigenvalue weighted by atomic mass is 9.95. The van der Waals surface area contributed by atoms with E-state index in [-0.39, 0.29) is 26.4 Å². The lowest BCUT2D eigenvalue weighted by Gasteiger charge is -2.26. The van der Waals surface area contributed by atoms with Gasteiger partial charge in [-0.3, -0.25) is 10.1 Å². The summed E-state index contributed by atoms with van der Waals surface area (Å²) in [4.78, 5) is 12.6. The number of benzene rings is 3. The van der Waals surface area contributed by atoms with Crippen molar-refractivity contribution in [2.24, 2.45) is 0 Å². The number of likely N-dealkylation sites (N-methyl/N-ethyl adjacent to an activating group) is 1. The first-order valence-corrected chi connectivity index (χ1v) is 10.0. The molecule has 0 bridgehead atoms. The highest BCUT2D eigenvalue weighted by Gasteiger charge is 2.24. The second kappa shape index (κ2) is 10.1. The van der Waals surface area contributed by atoms with E-state index < -0.39 is 6.04 Å².